The minimum absolute atomic E-state index is 0.145. The van der Waals surface area contributed by atoms with Gasteiger partial charge in [-0.05, 0) is 26.2 Å². The van der Waals surface area contributed by atoms with Crippen LogP contribution in [-0.4, -0.2) is 38.6 Å². The zero-order valence-electron chi connectivity index (χ0n) is 11.5. The standard InChI is InChI=1S/C13H28O3/c1-6-7-15-13(5)10-16-12(4)9-14-8-11(2)3/h11-13H,6-10H2,1-5H3. The molecule has 98 valence electrons. The van der Waals surface area contributed by atoms with Gasteiger partial charge in [0, 0.05) is 13.2 Å². The summed E-state index contributed by atoms with van der Waals surface area (Å²) in [5.41, 5.74) is 0. The van der Waals surface area contributed by atoms with Gasteiger partial charge >= 0.3 is 0 Å². The van der Waals surface area contributed by atoms with E-state index >= 15 is 0 Å². The minimum atomic E-state index is 0.145. The van der Waals surface area contributed by atoms with E-state index in [0.717, 1.165) is 19.6 Å². The summed E-state index contributed by atoms with van der Waals surface area (Å²) in [6.45, 7) is 13.4. The van der Waals surface area contributed by atoms with Gasteiger partial charge in [-0.2, -0.15) is 0 Å². The Balaban J connectivity index is 3.38. The van der Waals surface area contributed by atoms with Gasteiger partial charge in [-0.15, -0.1) is 0 Å². The van der Waals surface area contributed by atoms with Crippen LogP contribution in [0.15, 0.2) is 0 Å². The van der Waals surface area contributed by atoms with E-state index in [4.69, 9.17) is 14.2 Å². The van der Waals surface area contributed by atoms with Crippen LogP contribution in [0.4, 0.5) is 0 Å². The van der Waals surface area contributed by atoms with Gasteiger partial charge < -0.3 is 14.2 Å². The van der Waals surface area contributed by atoms with E-state index in [1.807, 2.05) is 13.8 Å². The van der Waals surface area contributed by atoms with E-state index in [0.29, 0.717) is 19.1 Å². The first-order valence-corrected chi connectivity index (χ1v) is 6.37. The number of ether oxygens (including phenoxy) is 3. The smallest absolute Gasteiger partial charge is 0.0781 e. The fraction of sp³-hybridized carbons (Fsp3) is 1.00. The lowest BCUT2D eigenvalue weighted by Crippen LogP contribution is -2.24. The van der Waals surface area contributed by atoms with Gasteiger partial charge in [0.1, 0.15) is 0 Å². The number of hydrogen-bond donors (Lipinski definition) is 0. The summed E-state index contributed by atoms with van der Waals surface area (Å²) < 4.78 is 16.7. The van der Waals surface area contributed by atoms with Gasteiger partial charge in [-0.25, -0.2) is 0 Å². The Morgan fingerprint density at radius 1 is 0.812 bits per heavy atom. The lowest BCUT2D eigenvalue weighted by atomic mass is 10.2. The molecule has 3 heteroatoms. The lowest BCUT2D eigenvalue weighted by Gasteiger charge is -2.18. The largest absolute Gasteiger partial charge is 0.379 e. The van der Waals surface area contributed by atoms with Crippen molar-refractivity contribution in [2.24, 2.45) is 5.92 Å². The molecule has 0 fully saturated rings. The molecule has 0 heterocycles. The maximum Gasteiger partial charge on any atom is 0.0781 e. The summed E-state index contributed by atoms with van der Waals surface area (Å²) in [4.78, 5) is 0. The van der Waals surface area contributed by atoms with Crippen molar-refractivity contribution in [3.63, 3.8) is 0 Å². The third kappa shape index (κ3) is 10.4. The molecule has 0 aromatic heterocycles. The normalized spacial score (nSPS) is 15.4. The second-order valence-corrected chi connectivity index (χ2v) is 4.76. The second kappa shape index (κ2) is 10.1. The van der Waals surface area contributed by atoms with Gasteiger partial charge in [0.2, 0.25) is 0 Å². The molecular formula is C13H28O3. The molecule has 0 bridgehead atoms. The van der Waals surface area contributed by atoms with Crippen LogP contribution in [0.2, 0.25) is 0 Å². The molecule has 0 aromatic rings. The topological polar surface area (TPSA) is 27.7 Å². The second-order valence-electron chi connectivity index (χ2n) is 4.76. The van der Waals surface area contributed by atoms with Crippen molar-refractivity contribution >= 4 is 0 Å². The van der Waals surface area contributed by atoms with Crippen molar-refractivity contribution < 1.29 is 14.2 Å². The fourth-order valence-electron chi connectivity index (χ4n) is 1.18. The Morgan fingerprint density at radius 3 is 2.00 bits per heavy atom. The summed E-state index contributed by atoms with van der Waals surface area (Å²) in [6, 6.07) is 0. The molecule has 0 rings (SSSR count). The van der Waals surface area contributed by atoms with Gasteiger partial charge in [-0.1, -0.05) is 20.8 Å². The monoisotopic (exact) mass is 232 g/mol. The SMILES string of the molecule is CCCOC(C)COC(C)COCC(C)C. The Morgan fingerprint density at radius 2 is 1.44 bits per heavy atom. The van der Waals surface area contributed by atoms with Crippen LogP contribution in [0.3, 0.4) is 0 Å². The van der Waals surface area contributed by atoms with E-state index < -0.39 is 0 Å². The zero-order valence-corrected chi connectivity index (χ0v) is 11.5. The van der Waals surface area contributed by atoms with E-state index in [-0.39, 0.29) is 12.2 Å². The molecule has 0 radical (unpaired) electrons. The quantitative estimate of drug-likeness (QED) is 0.579. The van der Waals surface area contributed by atoms with E-state index in [2.05, 4.69) is 20.8 Å². The molecule has 0 aromatic carbocycles. The van der Waals surface area contributed by atoms with E-state index in [1.165, 1.54) is 0 Å². The highest BCUT2D eigenvalue weighted by molar-refractivity contribution is 4.53. The molecule has 0 spiro atoms. The maximum atomic E-state index is 5.63. The van der Waals surface area contributed by atoms with E-state index in [1.54, 1.807) is 0 Å². The number of rotatable bonds is 10. The van der Waals surface area contributed by atoms with Crippen molar-refractivity contribution in [1.29, 1.82) is 0 Å². The summed E-state index contributed by atoms with van der Waals surface area (Å²) in [7, 11) is 0. The van der Waals surface area contributed by atoms with Crippen LogP contribution < -0.4 is 0 Å². The van der Waals surface area contributed by atoms with Gasteiger partial charge in [0.05, 0.1) is 25.4 Å². The highest BCUT2D eigenvalue weighted by atomic mass is 16.6. The van der Waals surface area contributed by atoms with Crippen molar-refractivity contribution in [3.8, 4) is 0 Å². The van der Waals surface area contributed by atoms with E-state index in [9.17, 15) is 0 Å². The van der Waals surface area contributed by atoms with Crippen LogP contribution in [0.5, 0.6) is 0 Å². The molecule has 2 atom stereocenters. The summed E-state index contributed by atoms with van der Waals surface area (Å²) >= 11 is 0. The van der Waals surface area contributed by atoms with Crippen molar-refractivity contribution in [1.82, 2.24) is 0 Å². The van der Waals surface area contributed by atoms with Gasteiger partial charge in [0.25, 0.3) is 0 Å². The van der Waals surface area contributed by atoms with Crippen molar-refractivity contribution in [3.05, 3.63) is 0 Å². The molecule has 3 nitrogen and oxygen atoms in total. The summed E-state index contributed by atoms with van der Waals surface area (Å²) in [5, 5.41) is 0. The molecular weight excluding hydrogens is 204 g/mol. The first-order chi connectivity index (χ1) is 7.56. The third-order valence-corrected chi connectivity index (χ3v) is 2.03. The Kier molecular flexibility index (Phi) is 9.99. The molecule has 0 N–H and O–H groups in total. The van der Waals surface area contributed by atoms with Gasteiger partial charge in [0.15, 0.2) is 0 Å². The first-order valence-electron chi connectivity index (χ1n) is 6.37. The van der Waals surface area contributed by atoms with Crippen molar-refractivity contribution in [2.75, 3.05) is 26.4 Å². The predicted octanol–water partition coefficient (Wildman–Crippen LogP) is 2.88. The molecule has 0 aliphatic rings. The number of hydrogen-bond acceptors (Lipinski definition) is 3. The maximum absolute atomic E-state index is 5.63. The van der Waals surface area contributed by atoms with Crippen LogP contribution in [-0.2, 0) is 14.2 Å². The minimum Gasteiger partial charge on any atom is -0.379 e. The van der Waals surface area contributed by atoms with Crippen molar-refractivity contribution in [2.45, 2.75) is 53.2 Å². The Bertz CT molecular complexity index is 148. The fourth-order valence-corrected chi connectivity index (χ4v) is 1.18. The molecule has 0 saturated carbocycles. The van der Waals surface area contributed by atoms with Crippen LogP contribution in [0.25, 0.3) is 0 Å². The molecule has 0 amide bonds. The highest BCUT2D eigenvalue weighted by Crippen LogP contribution is 2.00. The average molecular weight is 232 g/mol. The van der Waals surface area contributed by atoms with Crippen LogP contribution in [0, 0.1) is 5.92 Å². The third-order valence-electron chi connectivity index (χ3n) is 2.03. The Hall–Kier alpha value is -0.120. The average Bonchev–Trinajstić information content (AvgIpc) is 2.23. The zero-order chi connectivity index (χ0) is 12.4. The predicted molar refractivity (Wildman–Crippen MR) is 66.8 cm³/mol. The van der Waals surface area contributed by atoms with Gasteiger partial charge in [-0.3, -0.25) is 0 Å². The molecule has 0 aliphatic carbocycles. The molecule has 0 aliphatic heterocycles. The molecule has 0 saturated heterocycles. The molecule has 16 heavy (non-hydrogen) atoms. The lowest BCUT2D eigenvalue weighted by molar-refractivity contribution is -0.0592. The molecule has 2 unspecified atom stereocenters. The van der Waals surface area contributed by atoms with Crippen LogP contribution >= 0.6 is 0 Å². The summed E-state index contributed by atoms with van der Waals surface area (Å²) in [6.07, 6.45) is 1.37. The Labute approximate surface area is 100 Å². The first kappa shape index (κ1) is 15.9. The van der Waals surface area contributed by atoms with Crippen LogP contribution in [0.1, 0.15) is 41.0 Å². The highest BCUT2D eigenvalue weighted by Gasteiger charge is 2.07. The summed E-state index contributed by atoms with van der Waals surface area (Å²) in [5.74, 6) is 0.582.